The van der Waals surface area contributed by atoms with Crippen LogP contribution in [0.2, 0.25) is 0 Å². The normalized spacial score (nSPS) is 21.8. The molecular formula is C14H29NO. The maximum absolute atomic E-state index is 9.46. The lowest BCUT2D eigenvalue weighted by molar-refractivity contribution is 0.131. The fraction of sp³-hybridized carbons (Fsp3) is 1.00. The van der Waals surface area contributed by atoms with Crippen LogP contribution in [0.15, 0.2) is 0 Å². The van der Waals surface area contributed by atoms with Crippen molar-refractivity contribution < 1.29 is 5.11 Å². The van der Waals surface area contributed by atoms with Gasteiger partial charge in [0, 0.05) is 13.2 Å². The summed E-state index contributed by atoms with van der Waals surface area (Å²) >= 11 is 0. The average Bonchev–Trinajstić information content (AvgIpc) is 2.43. The predicted octanol–water partition coefficient (Wildman–Crippen LogP) is 2.91. The summed E-state index contributed by atoms with van der Waals surface area (Å²) in [6.45, 7) is 10.7. The number of aliphatic hydroxyl groups is 1. The van der Waals surface area contributed by atoms with Crippen LogP contribution in [0.5, 0.6) is 0 Å². The molecule has 0 radical (unpaired) electrons. The summed E-state index contributed by atoms with van der Waals surface area (Å²) in [5.74, 6) is 0.457. The molecule has 0 aromatic rings. The maximum Gasteiger partial charge on any atom is 0.0471 e. The number of aliphatic hydroxyl groups excluding tert-OH is 1. The standard InChI is InChI=1S/C14H29NO/c1-14(2,3)10-13(12-16)11-15-8-6-4-5-7-9-15/h13,16H,4-12H2,1-3H3. The Balaban J connectivity index is 2.36. The highest BCUT2D eigenvalue weighted by atomic mass is 16.3. The first kappa shape index (κ1) is 14.0. The molecule has 2 heteroatoms. The van der Waals surface area contributed by atoms with Gasteiger partial charge in [-0.2, -0.15) is 0 Å². The minimum Gasteiger partial charge on any atom is -0.396 e. The summed E-state index contributed by atoms with van der Waals surface area (Å²) in [5, 5.41) is 9.46. The van der Waals surface area contributed by atoms with Gasteiger partial charge in [-0.15, -0.1) is 0 Å². The van der Waals surface area contributed by atoms with Gasteiger partial charge in [-0.1, -0.05) is 33.6 Å². The molecule has 1 fully saturated rings. The molecule has 16 heavy (non-hydrogen) atoms. The number of rotatable bonds is 4. The quantitative estimate of drug-likeness (QED) is 0.798. The van der Waals surface area contributed by atoms with E-state index in [2.05, 4.69) is 25.7 Å². The lowest BCUT2D eigenvalue weighted by atomic mass is 9.84. The first-order valence-electron chi connectivity index (χ1n) is 6.84. The molecule has 1 unspecified atom stereocenters. The zero-order chi connectivity index (χ0) is 12.0. The van der Waals surface area contributed by atoms with Crippen LogP contribution in [0.1, 0.15) is 52.9 Å². The van der Waals surface area contributed by atoms with E-state index in [0.29, 0.717) is 17.9 Å². The van der Waals surface area contributed by atoms with Crippen molar-refractivity contribution in [2.45, 2.75) is 52.9 Å². The van der Waals surface area contributed by atoms with Crippen molar-refractivity contribution >= 4 is 0 Å². The maximum atomic E-state index is 9.46. The van der Waals surface area contributed by atoms with Crippen molar-refractivity contribution in [2.75, 3.05) is 26.2 Å². The molecule has 1 rings (SSSR count). The molecule has 2 nitrogen and oxygen atoms in total. The lowest BCUT2D eigenvalue weighted by Crippen LogP contribution is -2.33. The molecule has 0 spiro atoms. The van der Waals surface area contributed by atoms with E-state index in [1.165, 1.54) is 38.8 Å². The summed E-state index contributed by atoms with van der Waals surface area (Å²) in [5.41, 5.74) is 0.333. The summed E-state index contributed by atoms with van der Waals surface area (Å²) in [6.07, 6.45) is 6.58. The molecule has 1 heterocycles. The molecule has 1 aliphatic rings. The van der Waals surface area contributed by atoms with Crippen molar-refractivity contribution in [1.29, 1.82) is 0 Å². The van der Waals surface area contributed by atoms with Crippen molar-refractivity contribution in [3.8, 4) is 0 Å². The van der Waals surface area contributed by atoms with Crippen molar-refractivity contribution in [1.82, 2.24) is 4.90 Å². The van der Waals surface area contributed by atoms with Crippen molar-refractivity contribution in [2.24, 2.45) is 11.3 Å². The van der Waals surface area contributed by atoms with Gasteiger partial charge in [0.25, 0.3) is 0 Å². The fourth-order valence-electron chi connectivity index (χ4n) is 2.74. The van der Waals surface area contributed by atoms with E-state index in [-0.39, 0.29) is 0 Å². The molecule has 1 saturated heterocycles. The van der Waals surface area contributed by atoms with E-state index in [1.807, 2.05) is 0 Å². The third-order valence-corrected chi connectivity index (χ3v) is 3.37. The second-order valence-corrected chi connectivity index (χ2v) is 6.53. The highest BCUT2D eigenvalue weighted by Gasteiger charge is 2.21. The number of hydrogen-bond donors (Lipinski definition) is 1. The predicted molar refractivity (Wildman–Crippen MR) is 69.6 cm³/mol. The van der Waals surface area contributed by atoms with Crippen LogP contribution in [0.25, 0.3) is 0 Å². The monoisotopic (exact) mass is 227 g/mol. The average molecular weight is 227 g/mol. The van der Waals surface area contributed by atoms with Gasteiger partial charge in [-0.05, 0) is 43.7 Å². The Morgan fingerprint density at radius 2 is 1.62 bits per heavy atom. The third-order valence-electron chi connectivity index (χ3n) is 3.37. The first-order valence-corrected chi connectivity index (χ1v) is 6.84. The lowest BCUT2D eigenvalue weighted by Gasteiger charge is -2.29. The van der Waals surface area contributed by atoms with Gasteiger partial charge < -0.3 is 10.0 Å². The number of hydrogen-bond acceptors (Lipinski definition) is 2. The van der Waals surface area contributed by atoms with Gasteiger partial charge in [0.2, 0.25) is 0 Å². The van der Waals surface area contributed by atoms with Crippen LogP contribution >= 0.6 is 0 Å². The van der Waals surface area contributed by atoms with E-state index in [4.69, 9.17) is 0 Å². The van der Waals surface area contributed by atoms with E-state index in [9.17, 15) is 5.11 Å². The molecule has 0 aromatic carbocycles. The van der Waals surface area contributed by atoms with E-state index < -0.39 is 0 Å². The minimum atomic E-state index is 0.333. The van der Waals surface area contributed by atoms with E-state index in [1.54, 1.807) is 0 Å². The second kappa shape index (κ2) is 6.61. The Morgan fingerprint density at radius 1 is 1.06 bits per heavy atom. The molecule has 1 atom stereocenters. The number of nitrogens with zero attached hydrogens (tertiary/aromatic N) is 1. The Morgan fingerprint density at radius 3 is 2.06 bits per heavy atom. The first-order chi connectivity index (χ1) is 7.51. The van der Waals surface area contributed by atoms with Crippen LogP contribution in [-0.4, -0.2) is 36.2 Å². The fourth-order valence-corrected chi connectivity index (χ4v) is 2.74. The Kier molecular flexibility index (Phi) is 5.77. The summed E-state index contributed by atoms with van der Waals surface area (Å²) < 4.78 is 0. The second-order valence-electron chi connectivity index (χ2n) is 6.53. The minimum absolute atomic E-state index is 0.333. The molecule has 1 N–H and O–H groups in total. The number of likely N-dealkylation sites (tertiary alicyclic amines) is 1. The molecule has 1 aliphatic heterocycles. The van der Waals surface area contributed by atoms with Gasteiger partial charge in [0.15, 0.2) is 0 Å². The Bertz CT molecular complexity index is 178. The molecular weight excluding hydrogens is 198 g/mol. The topological polar surface area (TPSA) is 23.5 Å². The Labute approximate surface area is 101 Å². The molecule has 0 bridgehead atoms. The van der Waals surface area contributed by atoms with Gasteiger partial charge in [0.1, 0.15) is 0 Å². The summed E-state index contributed by atoms with van der Waals surface area (Å²) in [6, 6.07) is 0. The Hall–Kier alpha value is -0.0800. The van der Waals surface area contributed by atoms with Gasteiger partial charge in [0.05, 0.1) is 0 Å². The molecule has 0 aliphatic carbocycles. The van der Waals surface area contributed by atoms with Crippen LogP contribution < -0.4 is 0 Å². The highest BCUT2D eigenvalue weighted by Crippen LogP contribution is 2.25. The SMILES string of the molecule is CC(C)(C)CC(CO)CN1CCCCCC1. The van der Waals surface area contributed by atoms with Crippen LogP contribution in [0, 0.1) is 11.3 Å². The van der Waals surface area contributed by atoms with Crippen LogP contribution in [0.3, 0.4) is 0 Å². The van der Waals surface area contributed by atoms with Gasteiger partial charge >= 0.3 is 0 Å². The molecule has 96 valence electrons. The van der Waals surface area contributed by atoms with Crippen LogP contribution in [-0.2, 0) is 0 Å². The van der Waals surface area contributed by atoms with Gasteiger partial charge in [-0.25, -0.2) is 0 Å². The van der Waals surface area contributed by atoms with Gasteiger partial charge in [-0.3, -0.25) is 0 Å². The van der Waals surface area contributed by atoms with Crippen molar-refractivity contribution in [3.05, 3.63) is 0 Å². The highest BCUT2D eigenvalue weighted by molar-refractivity contribution is 4.73. The van der Waals surface area contributed by atoms with Crippen LogP contribution in [0.4, 0.5) is 0 Å². The zero-order valence-electron chi connectivity index (χ0n) is 11.3. The summed E-state index contributed by atoms with van der Waals surface area (Å²) in [4.78, 5) is 2.56. The smallest absolute Gasteiger partial charge is 0.0471 e. The largest absolute Gasteiger partial charge is 0.396 e. The van der Waals surface area contributed by atoms with Crippen molar-refractivity contribution in [3.63, 3.8) is 0 Å². The molecule has 0 amide bonds. The zero-order valence-corrected chi connectivity index (χ0v) is 11.3. The van der Waals surface area contributed by atoms with E-state index >= 15 is 0 Å². The molecule has 0 aromatic heterocycles. The molecule has 0 saturated carbocycles. The summed E-state index contributed by atoms with van der Waals surface area (Å²) in [7, 11) is 0. The third kappa shape index (κ3) is 5.86. The van der Waals surface area contributed by atoms with E-state index in [0.717, 1.165) is 13.0 Å².